The normalized spacial score (nSPS) is 10.0. The molecular formula is C16H17NO4. The molecule has 0 spiro atoms. The maximum atomic E-state index is 11.3. The predicted molar refractivity (Wildman–Crippen MR) is 81.0 cm³/mol. The third-order valence-corrected chi connectivity index (χ3v) is 3.08. The Morgan fingerprint density at radius 1 is 1.05 bits per heavy atom. The summed E-state index contributed by atoms with van der Waals surface area (Å²) in [6.07, 6.45) is 0. The maximum Gasteiger partial charge on any atom is 0.337 e. The van der Waals surface area contributed by atoms with Crippen molar-refractivity contribution < 1.29 is 19.4 Å². The molecule has 0 saturated carbocycles. The Balaban J connectivity index is 2.44. The van der Waals surface area contributed by atoms with Crippen LogP contribution in [0.3, 0.4) is 0 Å². The summed E-state index contributed by atoms with van der Waals surface area (Å²) >= 11 is 0. The standard InChI is InChI=1S/C16H17NO4/c1-10-4-6-13(12(8-10)16(18)19)17-14-9-11(20-2)5-7-15(14)21-3/h4-9,17H,1-3H3,(H,18,19). The molecule has 5 heteroatoms. The highest BCUT2D eigenvalue weighted by atomic mass is 16.5. The number of anilines is 2. The van der Waals surface area contributed by atoms with Gasteiger partial charge in [-0.05, 0) is 31.2 Å². The van der Waals surface area contributed by atoms with Crippen LogP contribution in [0, 0.1) is 6.92 Å². The third kappa shape index (κ3) is 3.25. The highest BCUT2D eigenvalue weighted by molar-refractivity contribution is 5.95. The van der Waals surface area contributed by atoms with Crippen molar-refractivity contribution >= 4 is 17.3 Å². The van der Waals surface area contributed by atoms with E-state index in [4.69, 9.17) is 9.47 Å². The number of carboxylic acid groups (broad SMARTS) is 1. The summed E-state index contributed by atoms with van der Waals surface area (Å²) in [5.74, 6) is 0.276. The van der Waals surface area contributed by atoms with Gasteiger partial charge in [-0.1, -0.05) is 11.6 Å². The zero-order valence-corrected chi connectivity index (χ0v) is 12.1. The zero-order valence-electron chi connectivity index (χ0n) is 12.1. The van der Waals surface area contributed by atoms with E-state index in [9.17, 15) is 9.90 Å². The SMILES string of the molecule is COc1ccc(OC)c(Nc2ccc(C)cc2C(=O)O)c1. The van der Waals surface area contributed by atoms with Gasteiger partial charge in [0.05, 0.1) is 31.2 Å². The van der Waals surface area contributed by atoms with Crippen LogP contribution in [0.1, 0.15) is 15.9 Å². The second-order valence-corrected chi connectivity index (χ2v) is 4.55. The first-order valence-corrected chi connectivity index (χ1v) is 6.38. The summed E-state index contributed by atoms with van der Waals surface area (Å²) in [6.45, 7) is 1.85. The Morgan fingerprint density at radius 3 is 2.43 bits per heavy atom. The smallest absolute Gasteiger partial charge is 0.337 e. The number of methoxy groups -OCH3 is 2. The minimum Gasteiger partial charge on any atom is -0.497 e. The minimum absolute atomic E-state index is 0.208. The molecule has 0 unspecified atom stereocenters. The first-order valence-electron chi connectivity index (χ1n) is 6.38. The Hall–Kier alpha value is -2.69. The van der Waals surface area contributed by atoms with Crippen molar-refractivity contribution in [3.8, 4) is 11.5 Å². The zero-order chi connectivity index (χ0) is 15.4. The van der Waals surface area contributed by atoms with Crippen molar-refractivity contribution in [2.75, 3.05) is 19.5 Å². The fourth-order valence-electron chi connectivity index (χ4n) is 2.00. The first kappa shape index (κ1) is 14.7. The molecular weight excluding hydrogens is 270 g/mol. The molecule has 0 radical (unpaired) electrons. The molecule has 0 saturated heterocycles. The van der Waals surface area contributed by atoms with Crippen LogP contribution in [0.15, 0.2) is 36.4 Å². The number of aryl methyl sites for hydroxylation is 1. The molecule has 2 rings (SSSR count). The summed E-state index contributed by atoms with van der Waals surface area (Å²) in [4.78, 5) is 11.3. The van der Waals surface area contributed by atoms with Gasteiger partial charge in [0.15, 0.2) is 0 Å². The summed E-state index contributed by atoms with van der Waals surface area (Å²) in [5.41, 5.74) is 2.23. The van der Waals surface area contributed by atoms with Gasteiger partial charge < -0.3 is 19.9 Å². The van der Waals surface area contributed by atoms with Crippen molar-refractivity contribution in [2.45, 2.75) is 6.92 Å². The third-order valence-electron chi connectivity index (χ3n) is 3.08. The number of carbonyl (C=O) groups is 1. The molecule has 0 amide bonds. The summed E-state index contributed by atoms with van der Waals surface area (Å²) < 4.78 is 10.5. The lowest BCUT2D eigenvalue weighted by atomic mass is 10.1. The van der Waals surface area contributed by atoms with Crippen LogP contribution in [0.5, 0.6) is 11.5 Å². The van der Waals surface area contributed by atoms with E-state index in [-0.39, 0.29) is 5.56 Å². The van der Waals surface area contributed by atoms with Crippen molar-refractivity contribution in [3.63, 3.8) is 0 Å². The molecule has 5 nitrogen and oxygen atoms in total. The Morgan fingerprint density at radius 2 is 1.81 bits per heavy atom. The number of hydrogen-bond donors (Lipinski definition) is 2. The lowest BCUT2D eigenvalue weighted by Gasteiger charge is -2.14. The van der Waals surface area contributed by atoms with Gasteiger partial charge in [-0.2, -0.15) is 0 Å². The van der Waals surface area contributed by atoms with Crippen LogP contribution in [0.4, 0.5) is 11.4 Å². The quantitative estimate of drug-likeness (QED) is 0.881. The van der Waals surface area contributed by atoms with Crippen LogP contribution in [-0.2, 0) is 0 Å². The van der Waals surface area contributed by atoms with Gasteiger partial charge in [0.25, 0.3) is 0 Å². The van der Waals surface area contributed by atoms with Crippen LogP contribution < -0.4 is 14.8 Å². The van der Waals surface area contributed by atoms with E-state index in [0.29, 0.717) is 22.9 Å². The van der Waals surface area contributed by atoms with Crippen LogP contribution in [0.2, 0.25) is 0 Å². The van der Waals surface area contributed by atoms with Crippen molar-refractivity contribution in [1.29, 1.82) is 0 Å². The van der Waals surface area contributed by atoms with E-state index in [1.165, 1.54) is 0 Å². The number of nitrogens with one attached hydrogen (secondary N) is 1. The Bertz CT molecular complexity index is 667. The van der Waals surface area contributed by atoms with E-state index in [1.807, 2.05) is 13.0 Å². The van der Waals surface area contributed by atoms with Crippen LogP contribution >= 0.6 is 0 Å². The van der Waals surface area contributed by atoms with Gasteiger partial charge in [0.2, 0.25) is 0 Å². The fourth-order valence-corrected chi connectivity index (χ4v) is 2.00. The maximum absolute atomic E-state index is 11.3. The largest absolute Gasteiger partial charge is 0.497 e. The molecule has 0 aromatic heterocycles. The lowest BCUT2D eigenvalue weighted by Crippen LogP contribution is -2.04. The summed E-state index contributed by atoms with van der Waals surface area (Å²) in [7, 11) is 3.13. The summed E-state index contributed by atoms with van der Waals surface area (Å²) in [5, 5.41) is 12.4. The van der Waals surface area contributed by atoms with Gasteiger partial charge in [0, 0.05) is 6.07 Å². The molecule has 110 valence electrons. The lowest BCUT2D eigenvalue weighted by molar-refractivity contribution is 0.0698. The number of hydrogen-bond acceptors (Lipinski definition) is 4. The van der Waals surface area contributed by atoms with Gasteiger partial charge in [-0.25, -0.2) is 4.79 Å². The predicted octanol–water partition coefficient (Wildman–Crippen LogP) is 3.45. The average Bonchev–Trinajstić information content (AvgIpc) is 2.48. The summed E-state index contributed by atoms with van der Waals surface area (Å²) in [6, 6.07) is 10.5. The van der Waals surface area contributed by atoms with E-state index >= 15 is 0 Å². The monoisotopic (exact) mass is 287 g/mol. The molecule has 2 aromatic carbocycles. The highest BCUT2D eigenvalue weighted by Crippen LogP contribution is 2.32. The average molecular weight is 287 g/mol. The molecule has 0 aliphatic heterocycles. The molecule has 0 bridgehead atoms. The first-order chi connectivity index (χ1) is 10.0. The van der Waals surface area contributed by atoms with E-state index < -0.39 is 5.97 Å². The molecule has 21 heavy (non-hydrogen) atoms. The number of rotatable bonds is 5. The fraction of sp³-hybridized carbons (Fsp3) is 0.188. The van der Waals surface area contributed by atoms with Gasteiger partial charge in [0.1, 0.15) is 11.5 Å². The molecule has 0 fully saturated rings. The molecule has 0 heterocycles. The number of carboxylic acids is 1. The Kier molecular flexibility index (Phi) is 4.33. The van der Waals surface area contributed by atoms with Gasteiger partial charge >= 0.3 is 5.97 Å². The van der Waals surface area contributed by atoms with E-state index in [2.05, 4.69) is 5.32 Å². The van der Waals surface area contributed by atoms with Gasteiger partial charge in [-0.3, -0.25) is 0 Å². The Labute approximate surface area is 123 Å². The molecule has 2 N–H and O–H groups in total. The topological polar surface area (TPSA) is 67.8 Å². The van der Waals surface area contributed by atoms with Gasteiger partial charge in [-0.15, -0.1) is 0 Å². The second kappa shape index (κ2) is 6.17. The van der Waals surface area contributed by atoms with Crippen molar-refractivity contribution in [1.82, 2.24) is 0 Å². The van der Waals surface area contributed by atoms with Crippen molar-refractivity contribution in [3.05, 3.63) is 47.5 Å². The number of ether oxygens (including phenoxy) is 2. The van der Waals surface area contributed by atoms with E-state index in [0.717, 1.165) is 5.56 Å². The van der Waals surface area contributed by atoms with Crippen LogP contribution in [-0.4, -0.2) is 25.3 Å². The molecule has 0 atom stereocenters. The number of benzene rings is 2. The molecule has 2 aromatic rings. The highest BCUT2D eigenvalue weighted by Gasteiger charge is 2.13. The van der Waals surface area contributed by atoms with E-state index in [1.54, 1.807) is 44.6 Å². The second-order valence-electron chi connectivity index (χ2n) is 4.55. The molecule has 0 aliphatic rings. The van der Waals surface area contributed by atoms with Crippen LogP contribution in [0.25, 0.3) is 0 Å². The van der Waals surface area contributed by atoms with Crippen molar-refractivity contribution in [2.24, 2.45) is 0 Å². The number of aromatic carboxylic acids is 1. The minimum atomic E-state index is -0.983. The molecule has 0 aliphatic carbocycles.